The van der Waals surface area contributed by atoms with Crippen LogP contribution in [-0.4, -0.2) is 21.2 Å². The fraction of sp³-hybridized carbons (Fsp3) is 0.286. The Hall–Kier alpha value is -2.10. The Labute approximate surface area is 106 Å². The van der Waals surface area contributed by atoms with Crippen LogP contribution in [0.5, 0.6) is 0 Å². The van der Waals surface area contributed by atoms with Gasteiger partial charge in [0.25, 0.3) is 5.91 Å². The third kappa shape index (κ3) is 2.14. The standard InChI is InChI=1S/C14H15N3O/c1-14(7-8-14)16-13(18)11-3-5-12(6-4-11)17-10-2-9-15-17/h2-6,9-10H,7-8H2,1H3,(H,16,18). The Kier molecular flexibility index (Phi) is 2.44. The number of hydrogen-bond acceptors (Lipinski definition) is 2. The van der Waals surface area contributed by atoms with Crippen molar-refractivity contribution in [3.05, 3.63) is 48.3 Å². The molecule has 1 N–H and O–H groups in total. The molecule has 4 heteroatoms. The van der Waals surface area contributed by atoms with Crippen LogP contribution < -0.4 is 5.32 Å². The van der Waals surface area contributed by atoms with Gasteiger partial charge < -0.3 is 5.32 Å². The first-order valence-corrected chi connectivity index (χ1v) is 6.09. The molecule has 2 aromatic rings. The molecule has 3 rings (SSSR count). The molecule has 1 fully saturated rings. The van der Waals surface area contributed by atoms with Gasteiger partial charge in [-0.1, -0.05) is 0 Å². The summed E-state index contributed by atoms with van der Waals surface area (Å²) in [6.45, 7) is 2.07. The van der Waals surface area contributed by atoms with Gasteiger partial charge >= 0.3 is 0 Å². The Morgan fingerprint density at radius 2 is 2.06 bits per heavy atom. The van der Waals surface area contributed by atoms with Crippen LogP contribution in [0.4, 0.5) is 0 Å². The van der Waals surface area contributed by atoms with Gasteiger partial charge in [-0.05, 0) is 50.1 Å². The molecule has 92 valence electrons. The maximum absolute atomic E-state index is 12.0. The average Bonchev–Trinajstić information content (AvgIpc) is 2.91. The minimum absolute atomic E-state index is 0.00187. The van der Waals surface area contributed by atoms with Gasteiger partial charge in [0, 0.05) is 23.5 Å². The fourth-order valence-electron chi connectivity index (χ4n) is 1.85. The molecule has 0 bridgehead atoms. The maximum Gasteiger partial charge on any atom is 0.251 e. The van der Waals surface area contributed by atoms with Gasteiger partial charge in [0.05, 0.1) is 5.69 Å². The predicted molar refractivity (Wildman–Crippen MR) is 68.7 cm³/mol. The van der Waals surface area contributed by atoms with E-state index < -0.39 is 0 Å². The molecule has 0 saturated heterocycles. The zero-order valence-electron chi connectivity index (χ0n) is 10.3. The molecule has 18 heavy (non-hydrogen) atoms. The van der Waals surface area contributed by atoms with E-state index >= 15 is 0 Å². The van der Waals surface area contributed by atoms with Crippen LogP contribution >= 0.6 is 0 Å². The van der Waals surface area contributed by atoms with Crippen LogP contribution in [0.3, 0.4) is 0 Å². The second-order valence-corrected chi connectivity index (χ2v) is 5.01. The van der Waals surface area contributed by atoms with Crippen LogP contribution in [0.15, 0.2) is 42.7 Å². The third-order valence-electron chi connectivity index (χ3n) is 3.31. The van der Waals surface area contributed by atoms with E-state index in [4.69, 9.17) is 0 Å². The second-order valence-electron chi connectivity index (χ2n) is 5.01. The van der Waals surface area contributed by atoms with E-state index in [0.29, 0.717) is 5.56 Å². The van der Waals surface area contributed by atoms with Gasteiger partial charge in [0.1, 0.15) is 0 Å². The molecule has 1 aliphatic rings. The highest BCUT2D eigenvalue weighted by molar-refractivity contribution is 5.95. The van der Waals surface area contributed by atoms with E-state index in [-0.39, 0.29) is 11.4 Å². The van der Waals surface area contributed by atoms with Crippen molar-refractivity contribution in [2.75, 3.05) is 0 Å². The predicted octanol–water partition coefficient (Wildman–Crippen LogP) is 2.15. The lowest BCUT2D eigenvalue weighted by Gasteiger charge is -2.11. The van der Waals surface area contributed by atoms with Crippen molar-refractivity contribution in [1.82, 2.24) is 15.1 Å². The first kappa shape index (κ1) is 11.0. The summed E-state index contributed by atoms with van der Waals surface area (Å²) in [7, 11) is 0. The Bertz CT molecular complexity index is 553. The summed E-state index contributed by atoms with van der Waals surface area (Å²) in [6.07, 6.45) is 5.75. The van der Waals surface area contributed by atoms with E-state index in [0.717, 1.165) is 18.5 Å². The molecule has 1 aromatic heterocycles. The quantitative estimate of drug-likeness (QED) is 0.895. The summed E-state index contributed by atoms with van der Waals surface area (Å²) in [6, 6.07) is 9.33. The third-order valence-corrected chi connectivity index (χ3v) is 3.31. The molecule has 1 saturated carbocycles. The first-order valence-electron chi connectivity index (χ1n) is 6.09. The second kappa shape index (κ2) is 3.98. The lowest BCUT2D eigenvalue weighted by molar-refractivity contribution is 0.0935. The number of hydrogen-bond donors (Lipinski definition) is 1. The highest BCUT2D eigenvalue weighted by Crippen LogP contribution is 2.34. The lowest BCUT2D eigenvalue weighted by atomic mass is 10.2. The fourth-order valence-corrected chi connectivity index (χ4v) is 1.85. The van der Waals surface area contributed by atoms with Gasteiger partial charge in [-0.25, -0.2) is 4.68 Å². The van der Waals surface area contributed by atoms with Crippen molar-refractivity contribution in [2.24, 2.45) is 0 Å². The molecule has 0 spiro atoms. The number of nitrogens with one attached hydrogen (secondary N) is 1. The largest absolute Gasteiger partial charge is 0.347 e. The monoisotopic (exact) mass is 241 g/mol. The van der Waals surface area contributed by atoms with Crippen LogP contribution in [0.1, 0.15) is 30.1 Å². The Morgan fingerprint density at radius 3 is 2.61 bits per heavy atom. The molecule has 0 atom stereocenters. The van der Waals surface area contributed by atoms with Crippen LogP contribution in [0, 0.1) is 0 Å². The Balaban J connectivity index is 1.76. The van der Waals surface area contributed by atoms with Gasteiger partial charge in [-0.2, -0.15) is 5.10 Å². The number of rotatable bonds is 3. The zero-order valence-corrected chi connectivity index (χ0v) is 10.3. The summed E-state index contributed by atoms with van der Waals surface area (Å²) in [5.74, 6) is 0.00187. The van der Waals surface area contributed by atoms with E-state index in [1.807, 2.05) is 36.5 Å². The summed E-state index contributed by atoms with van der Waals surface area (Å²) >= 11 is 0. The minimum atomic E-state index is 0.00187. The van der Waals surface area contributed by atoms with E-state index in [2.05, 4.69) is 17.3 Å². The van der Waals surface area contributed by atoms with Gasteiger partial charge in [-0.15, -0.1) is 0 Å². The van der Waals surface area contributed by atoms with Crippen LogP contribution in [0.25, 0.3) is 5.69 Å². The molecular formula is C14H15N3O. The lowest BCUT2D eigenvalue weighted by Crippen LogP contribution is -2.34. The summed E-state index contributed by atoms with van der Waals surface area (Å²) < 4.78 is 1.77. The molecule has 1 aliphatic carbocycles. The topological polar surface area (TPSA) is 46.9 Å². The molecule has 0 aliphatic heterocycles. The van der Waals surface area contributed by atoms with E-state index in [1.54, 1.807) is 10.9 Å². The summed E-state index contributed by atoms with van der Waals surface area (Å²) in [5.41, 5.74) is 1.67. The van der Waals surface area contributed by atoms with Crippen molar-refractivity contribution < 1.29 is 4.79 Å². The first-order chi connectivity index (χ1) is 8.66. The van der Waals surface area contributed by atoms with Gasteiger partial charge in [-0.3, -0.25) is 4.79 Å². The van der Waals surface area contributed by atoms with Crippen molar-refractivity contribution >= 4 is 5.91 Å². The van der Waals surface area contributed by atoms with Crippen molar-refractivity contribution in [2.45, 2.75) is 25.3 Å². The molecule has 4 nitrogen and oxygen atoms in total. The molecular weight excluding hydrogens is 226 g/mol. The highest BCUT2D eigenvalue weighted by Gasteiger charge is 2.38. The number of aromatic nitrogens is 2. The Morgan fingerprint density at radius 1 is 1.33 bits per heavy atom. The molecule has 1 amide bonds. The number of carbonyl (C=O) groups excluding carboxylic acids is 1. The molecule has 0 unspecified atom stereocenters. The summed E-state index contributed by atoms with van der Waals surface area (Å²) in [4.78, 5) is 12.0. The van der Waals surface area contributed by atoms with Crippen LogP contribution in [0.2, 0.25) is 0 Å². The summed E-state index contributed by atoms with van der Waals surface area (Å²) in [5, 5.41) is 7.19. The number of benzene rings is 1. The molecule has 1 aromatic carbocycles. The normalized spacial score (nSPS) is 16.3. The van der Waals surface area contributed by atoms with E-state index in [1.165, 1.54) is 0 Å². The smallest absolute Gasteiger partial charge is 0.251 e. The van der Waals surface area contributed by atoms with Crippen molar-refractivity contribution in [1.29, 1.82) is 0 Å². The number of nitrogens with zero attached hydrogens (tertiary/aromatic N) is 2. The number of carbonyl (C=O) groups is 1. The van der Waals surface area contributed by atoms with E-state index in [9.17, 15) is 4.79 Å². The zero-order chi connectivity index (χ0) is 12.6. The van der Waals surface area contributed by atoms with Crippen molar-refractivity contribution in [3.8, 4) is 5.69 Å². The average molecular weight is 241 g/mol. The molecule has 1 heterocycles. The van der Waals surface area contributed by atoms with Gasteiger partial charge in [0.15, 0.2) is 0 Å². The minimum Gasteiger partial charge on any atom is -0.347 e. The SMILES string of the molecule is CC1(NC(=O)c2ccc(-n3cccn3)cc2)CC1. The molecule has 0 radical (unpaired) electrons. The van der Waals surface area contributed by atoms with Crippen molar-refractivity contribution in [3.63, 3.8) is 0 Å². The number of amides is 1. The highest BCUT2D eigenvalue weighted by atomic mass is 16.1. The van der Waals surface area contributed by atoms with Crippen LogP contribution in [-0.2, 0) is 0 Å². The maximum atomic E-state index is 12.0. The van der Waals surface area contributed by atoms with Gasteiger partial charge in [0.2, 0.25) is 0 Å².